The highest BCUT2D eigenvalue weighted by Gasteiger charge is 2.45. The monoisotopic (exact) mass is 240 g/mol. The fraction of sp³-hybridized carbons (Fsp3) is 0.923. The Hall–Kier alpha value is -0.610. The van der Waals surface area contributed by atoms with Crippen LogP contribution in [0.2, 0.25) is 0 Å². The van der Waals surface area contributed by atoms with Gasteiger partial charge in [0.05, 0.1) is 0 Å². The summed E-state index contributed by atoms with van der Waals surface area (Å²) in [5.41, 5.74) is 0.178. The number of hydrogen-bond donors (Lipinski definition) is 1. The molecule has 1 saturated carbocycles. The Balaban J connectivity index is 2.06. The van der Waals surface area contributed by atoms with Gasteiger partial charge in [-0.25, -0.2) is 0 Å². The Morgan fingerprint density at radius 1 is 1.41 bits per heavy atom. The Labute approximate surface area is 104 Å². The molecular weight excluding hydrogens is 216 g/mol. The molecule has 1 heterocycles. The van der Waals surface area contributed by atoms with Gasteiger partial charge in [0, 0.05) is 37.1 Å². The number of carbonyl (C=O) groups is 1. The summed E-state index contributed by atoms with van der Waals surface area (Å²) >= 11 is 0. The lowest BCUT2D eigenvalue weighted by molar-refractivity contribution is -0.138. The van der Waals surface area contributed by atoms with Gasteiger partial charge in [-0.2, -0.15) is 0 Å². The summed E-state index contributed by atoms with van der Waals surface area (Å²) in [5, 5.41) is 8.85. The summed E-state index contributed by atoms with van der Waals surface area (Å²) in [6.45, 7) is 6.66. The molecule has 1 N–H and O–H groups in total. The topological polar surface area (TPSA) is 43.8 Å². The molecule has 1 saturated heterocycles. The molecule has 2 aliphatic rings. The summed E-state index contributed by atoms with van der Waals surface area (Å²) in [6.07, 6.45) is 3.64. The average molecular weight is 240 g/mol. The van der Waals surface area contributed by atoms with Gasteiger partial charge in [-0.1, -0.05) is 0 Å². The number of rotatable bonds is 4. The minimum absolute atomic E-state index is 0.178. The minimum Gasteiger partial charge on any atom is -0.481 e. The molecule has 0 aromatic carbocycles. The highest BCUT2D eigenvalue weighted by Crippen LogP contribution is 2.38. The van der Waals surface area contributed by atoms with E-state index in [-0.39, 0.29) is 12.0 Å². The van der Waals surface area contributed by atoms with E-state index in [0.29, 0.717) is 12.1 Å². The van der Waals surface area contributed by atoms with Crippen LogP contribution in [0.15, 0.2) is 0 Å². The van der Waals surface area contributed by atoms with Gasteiger partial charge in [-0.15, -0.1) is 0 Å². The van der Waals surface area contributed by atoms with Crippen LogP contribution in [-0.2, 0) is 4.79 Å². The van der Waals surface area contributed by atoms with Crippen LogP contribution < -0.4 is 0 Å². The van der Waals surface area contributed by atoms with Crippen molar-refractivity contribution in [3.63, 3.8) is 0 Å². The summed E-state index contributed by atoms with van der Waals surface area (Å²) in [4.78, 5) is 15.7. The molecular formula is C13H24N2O2. The molecule has 17 heavy (non-hydrogen) atoms. The molecule has 0 amide bonds. The lowest BCUT2D eigenvalue weighted by Crippen LogP contribution is -2.63. The molecule has 0 radical (unpaired) electrons. The number of nitrogens with zero attached hydrogens (tertiary/aromatic N) is 2. The van der Waals surface area contributed by atoms with Crippen molar-refractivity contribution in [2.24, 2.45) is 0 Å². The molecule has 4 heteroatoms. The number of carboxylic acids is 1. The first kappa shape index (κ1) is 12.8. The van der Waals surface area contributed by atoms with Crippen LogP contribution in [0.4, 0.5) is 0 Å². The van der Waals surface area contributed by atoms with Crippen molar-refractivity contribution in [1.82, 2.24) is 9.80 Å². The first-order chi connectivity index (χ1) is 7.90. The number of likely N-dealkylation sites (N-methyl/N-ethyl adjacent to an activating group) is 1. The van der Waals surface area contributed by atoms with Gasteiger partial charge < -0.3 is 10.0 Å². The Kier molecular flexibility index (Phi) is 3.46. The number of aliphatic carboxylic acids is 1. The molecule has 0 aromatic rings. The summed E-state index contributed by atoms with van der Waals surface area (Å²) in [5.74, 6) is -0.674. The lowest BCUT2D eigenvalue weighted by atomic mass is 9.92. The van der Waals surface area contributed by atoms with E-state index in [1.165, 1.54) is 12.8 Å². The van der Waals surface area contributed by atoms with Crippen LogP contribution in [0.25, 0.3) is 0 Å². The van der Waals surface area contributed by atoms with Crippen molar-refractivity contribution in [1.29, 1.82) is 0 Å². The van der Waals surface area contributed by atoms with Crippen LogP contribution in [0.1, 0.15) is 39.5 Å². The first-order valence-corrected chi connectivity index (χ1v) is 6.59. The van der Waals surface area contributed by atoms with Gasteiger partial charge >= 0.3 is 5.97 Å². The second-order valence-corrected chi connectivity index (χ2v) is 6.23. The maximum Gasteiger partial charge on any atom is 0.303 e. The van der Waals surface area contributed by atoms with Gasteiger partial charge in [0.15, 0.2) is 0 Å². The van der Waals surface area contributed by atoms with E-state index >= 15 is 0 Å². The highest BCUT2D eigenvalue weighted by atomic mass is 16.4. The maximum absolute atomic E-state index is 10.7. The summed E-state index contributed by atoms with van der Waals surface area (Å²) < 4.78 is 0. The van der Waals surface area contributed by atoms with Gasteiger partial charge in [0.25, 0.3) is 0 Å². The molecule has 2 rings (SSSR count). The minimum atomic E-state index is -0.674. The zero-order valence-corrected chi connectivity index (χ0v) is 11.1. The van der Waals surface area contributed by atoms with E-state index in [2.05, 4.69) is 30.7 Å². The Morgan fingerprint density at radius 2 is 2.06 bits per heavy atom. The zero-order valence-electron chi connectivity index (χ0n) is 11.1. The van der Waals surface area contributed by atoms with Crippen molar-refractivity contribution in [2.45, 2.75) is 57.2 Å². The third kappa shape index (κ3) is 2.99. The third-order valence-electron chi connectivity index (χ3n) is 3.90. The fourth-order valence-corrected chi connectivity index (χ4v) is 3.41. The van der Waals surface area contributed by atoms with Crippen molar-refractivity contribution in [3.05, 3.63) is 0 Å². The first-order valence-electron chi connectivity index (χ1n) is 6.59. The van der Waals surface area contributed by atoms with Crippen LogP contribution in [0, 0.1) is 0 Å². The van der Waals surface area contributed by atoms with E-state index in [1.807, 2.05) is 0 Å². The Morgan fingerprint density at radius 3 is 2.59 bits per heavy atom. The van der Waals surface area contributed by atoms with Crippen LogP contribution in [-0.4, -0.2) is 58.6 Å². The van der Waals surface area contributed by atoms with Crippen LogP contribution in [0.5, 0.6) is 0 Å². The average Bonchev–Trinajstić information content (AvgIpc) is 2.95. The number of hydrogen-bond acceptors (Lipinski definition) is 3. The van der Waals surface area contributed by atoms with E-state index in [4.69, 9.17) is 5.11 Å². The standard InChI is InChI=1S/C13H24N2O2/c1-13(2)9-14(3)8-11(6-7-12(16)17)15(13)10-4-5-10/h10-11H,4-9H2,1-3H3,(H,16,17). The van der Waals surface area contributed by atoms with Gasteiger partial charge in [0.1, 0.15) is 0 Å². The molecule has 0 aromatic heterocycles. The normalized spacial score (nSPS) is 30.4. The summed E-state index contributed by atoms with van der Waals surface area (Å²) in [7, 11) is 2.14. The van der Waals surface area contributed by atoms with E-state index in [1.54, 1.807) is 0 Å². The van der Waals surface area contributed by atoms with Gasteiger partial charge in [-0.3, -0.25) is 9.69 Å². The lowest BCUT2D eigenvalue weighted by Gasteiger charge is -2.51. The van der Waals surface area contributed by atoms with Gasteiger partial charge in [0.2, 0.25) is 0 Å². The van der Waals surface area contributed by atoms with Crippen molar-refractivity contribution in [3.8, 4) is 0 Å². The third-order valence-corrected chi connectivity index (χ3v) is 3.90. The predicted molar refractivity (Wildman–Crippen MR) is 67.1 cm³/mol. The molecule has 1 atom stereocenters. The second-order valence-electron chi connectivity index (χ2n) is 6.23. The van der Waals surface area contributed by atoms with Crippen molar-refractivity contribution in [2.75, 3.05) is 20.1 Å². The molecule has 0 spiro atoms. The quantitative estimate of drug-likeness (QED) is 0.807. The molecule has 1 aliphatic heterocycles. The molecule has 1 unspecified atom stereocenters. The van der Waals surface area contributed by atoms with E-state index < -0.39 is 5.97 Å². The molecule has 0 bridgehead atoms. The number of carboxylic acid groups (broad SMARTS) is 1. The smallest absolute Gasteiger partial charge is 0.303 e. The van der Waals surface area contributed by atoms with Crippen LogP contribution >= 0.6 is 0 Å². The maximum atomic E-state index is 10.7. The predicted octanol–water partition coefficient (Wildman–Crippen LogP) is 1.41. The fourth-order valence-electron chi connectivity index (χ4n) is 3.41. The molecule has 4 nitrogen and oxygen atoms in total. The van der Waals surface area contributed by atoms with Crippen molar-refractivity contribution < 1.29 is 9.90 Å². The van der Waals surface area contributed by atoms with Gasteiger partial charge in [-0.05, 0) is 40.2 Å². The summed E-state index contributed by atoms with van der Waals surface area (Å²) in [6, 6.07) is 1.12. The van der Waals surface area contributed by atoms with E-state index in [9.17, 15) is 4.79 Å². The largest absolute Gasteiger partial charge is 0.481 e. The number of piperazine rings is 1. The molecule has 1 aliphatic carbocycles. The Bertz CT molecular complexity index is 300. The highest BCUT2D eigenvalue weighted by molar-refractivity contribution is 5.66. The van der Waals surface area contributed by atoms with Crippen molar-refractivity contribution >= 4 is 5.97 Å². The molecule has 2 fully saturated rings. The zero-order chi connectivity index (χ0) is 12.6. The molecule has 98 valence electrons. The SMILES string of the molecule is CN1CC(CCC(=O)O)N(C2CC2)C(C)(C)C1. The van der Waals surface area contributed by atoms with E-state index in [0.717, 1.165) is 19.5 Å². The van der Waals surface area contributed by atoms with Crippen LogP contribution in [0.3, 0.4) is 0 Å². The second kappa shape index (κ2) is 4.58.